The van der Waals surface area contributed by atoms with E-state index >= 15 is 0 Å². The number of hydrogen-bond donors (Lipinski definition) is 0. The van der Waals surface area contributed by atoms with Crippen LogP contribution in [0.15, 0.2) is 16.6 Å². The highest BCUT2D eigenvalue weighted by Gasteiger charge is 2.00. The van der Waals surface area contributed by atoms with E-state index in [1.807, 2.05) is 13.1 Å². The van der Waals surface area contributed by atoms with Crippen molar-refractivity contribution < 1.29 is 19.0 Å². The van der Waals surface area contributed by atoms with Crippen molar-refractivity contribution in [3.8, 4) is 0 Å². The first-order valence-corrected chi connectivity index (χ1v) is 9.50. The van der Waals surface area contributed by atoms with Crippen LogP contribution in [-0.4, -0.2) is 52.8 Å². The molecule has 0 unspecified atom stereocenters. The van der Waals surface area contributed by atoms with Crippen molar-refractivity contribution in [2.45, 2.75) is 64.7 Å². The monoisotopic (exact) mass is 355 g/mol. The minimum atomic E-state index is 0.321. The largest absolute Gasteiger partial charge is 0.385 e. The molecule has 0 amide bonds. The van der Waals surface area contributed by atoms with Gasteiger partial charge in [-0.3, -0.25) is 9.79 Å². The highest BCUT2D eigenvalue weighted by molar-refractivity contribution is 5.79. The van der Waals surface area contributed by atoms with Crippen LogP contribution in [-0.2, 0) is 19.0 Å². The van der Waals surface area contributed by atoms with Crippen LogP contribution in [0.2, 0.25) is 0 Å². The molecule has 146 valence electrons. The van der Waals surface area contributed by atoms with Crippen molar-refractivity contribution in [1.29, 1.82) is 0 Å². The Morgan fingerprint density at radius 3 is 2.36 bits per heavy atom. The Hall–Kier alpha value is -1.04. The van der Waals surface area contributed by atoms with Crippen molar-refractivity contribution in [3.05, 3.63) is 11.6 Å². The van der Waals surface area contributed by atoms with E-state index in [4.69, 9.17) is 14.2 Å². The molecule has 0 bridgehead atoms. The van der Waals surface area contributed by atoms with Crippen LogP contribution in [0.1, 0.15) is 64.7 Å². The van der Waals surface area contributed by atoms with Gasteiger partial charge in [-0.2, -0.15) is 0 Å². The minimum Gasteiger partial charge on any atom is -0.385 e. The van der Waals surface area contributed by atoms with Crippen LogP contribution in [0.3, 0.4) is 0 Å². The average molecular weight is 356 g/mol. The van der Waals surface area contributed by atoms with Gasteiger partial charge in [-0.05, 0) is 37.7 Å². The normalized spacial score (nSPS) is 12.2. The number of unbranched alkanes of at least 4 members (excludes halogenated alkanes) is 3. The molecule has 0 aliphatic carbocycles. The predicted molar refractivity (Wildman–Crippen MR) is 103 cm³/mol. The zero-order valence-corrected chi connectivity index (χ0v) is 16.4. The third kappa shape index (κ3) is 17.6. The molecule has 0 aromatic rings. The molecule has 0 aromatic heterocycles. The number of aliphatic imine (C=N–C) groups is 1. The summed E-state index contributed by atoms with van der Waals surface area (Å²) in [5, 5.41) is 0. The lowest BCUT2D eigenvalue weighted by molar-refractivity contribution is -0.118. The Bertz CT molecular complexity index is 367. The number of carbonyl (C=O) groups excluding carboxylic acids is 1. The van der Waals surface area contributed by atoms with Crippen LogP contribution in [0.25, 0.3) is 0 Å². The van der Waals surface area contributed by atoms with E-state index in [0.717, 1.165) is 57.5 Å². The van der Waals surface area contributed by atoms with Gasteiger partial charge in [0.25, 0.3) is 0 Å². The van der Waals surface area contributed by atoms with Crippen LogP contribution in [0, 0.1) is 0 Å². The summed E-state index contributed by atoms with van der Waals surface area (Å²) >= 11 is 0. The molecule has 0 aromatic carbocycles. The molecule has 5 nitrogen and oxygen atoms in total. The maximum atomic E-state index is 11.4. The van der Waals surface area contributed by atoms with E-state index < -0.39 is 0 Å². The lowest BCUT2D eigenvalue weighted by atomic mass is 10.1. The highest BCUT2D eigenvalue weighted by atomic mass is 16.5. The maximum absolute atomic E-state index is 11.4. The van der Waals surface area contributed by atoms with Crippen molar-refractivity contribution in [2.75, 3.05) is 40.8 Å². The SMILES string of the molecule is CCC(=O)CCCC(C=NCOC)=CCCOCCCCCCOC. The summed E-state index contributed by atoms with van der Waals surface area (Å²) in [5.41, 5.74) is 1.16. The molecule has 0 aliphatic rings. The molecule has 0 rings (SSSR count). The van der Waals surface area contributed by atoms with Crippen molar-refractivity contribution in [1.82, 2.24) is 0 Å². The van der Waals surface area contributed by atoms with Gasteiger partial charge in [0.15, 0.2) is 0 Å². The lowest BCUT2D eigenvalue weighted by Gasteiger charge is -2.05. The van der Waals surface area contributed by atoms with Crippen molar-refractivity contribution in [3.63, 3.8) is 0 Å². The molecule has 0 fully saturated rings. The minimum absolute atomic E-state index is 0.321. The van der Waals surface area contributed by atoms with Gasteiger partial charge in [0.05, 0.1) is 6.61 Å². The maximum Gasteiger partial charge on any atom is 0.137 e. The van der Waals surface area contributed by atoms with Gasteiger partial charge in [0, 0.05) is 46.5 Å². The van der Waals surface area contributed by atoms with E-state index in [2.05, 4.69) is 11.1 Å². The predicted octanol–water partition coefficient (Wildman–Crippen LogP) is 4.35. The molecule has 0 atom stereocenters. The number of carbonyl (C=O) groups is 1. The number of Topliss-reactive ketones (excluding diaryl/α,β-unsaturated/α-hetero) is 1. The molecular formula is C20H37NO4. The van der Waals surface area contributed by atoms with E-state index in [1.165, 1.54) is 12.8 Å². The van der Waals surface area contributed by atoms with Crippen LogP contribution in [0.4, 0.5) is 0 Å². The molecule has 25 heavy (non-hydrogen) atoms. The summed E-state index contributed by atoms with van der Waals surface area (Å²) < 4.78 is 15.7. The molecule has 5 heteroatoms. The topological polar surface area (TPSA) is 57.1 Å². The smallest absolute Gasteiger partial charge is 0.137 e. The summed E-state index contributed by atoms with van der Waals surface area (Å²) in [4.78, 5) is 15.6. The van der Waals surface area contributed by atoms with Crippen molar-refractivity contribution in [2.24, 2.45) is 4.99 Å². The van der Waals surface area contributed by atoms with E-state index in [1.54, 1.807) is 14.2 Å². The molecular weight excluding hydrogens is 318 g/mol. The standard InChI is InChI=1S/C20H37NO4/c1-4-20(22)13-9-11-19(17-21-18-24-3)12-10-16-25-15-8-6-5-7-14-23-2/h12,17H,4-11,13-16,18H2,1-3H3. The number of ketones is 1. The third-order valence-electron chi connectivity index (χ3n) is 3.83. The number of hydrogen-bond acceptors (Lipinski definition) is 5. The molecule has 0 spiro atoms. The Kier molecular flexibility index (Phi) is 18.5. The number of ether oxygens (including phenoxy) is 3. The van der Waals surface area contributed by atoms with Crippen LogP contribution in [0.5, 0.6) is 0 Å². The average Bonchev–Trinajstić information content (AvgIpc) is 2.62. The zero-order valence-electron chi connectivity index (χ0n) is 16.4. The lowest BCUT2D eigenvalue weighted by Crippen LogP contribution is -1.99. The van der Waals surface area contributed by atoms with Gasteiger partial charge in [-0.1, -0.05) is 25.8 Å². The van der Waals surface area contributed by atoms with E-state index in [-0.39, 0.29) is 0 Å². The van der Waals surface area contributed by atoms with E-state index in [0.29, 0.717) is 25.4 Å². The first-order chi connectivity index (χ1) is 12.2. The summed E-state index contributed by atoms with van der Waals surface area (Å²) in [6.45, 7) is 4.67. The van der Waals surface area contributed by atoms with Gasteiger partial charge >= 0.3 is 0 Å². The Morgan fingerprint density at radius 2 is 1.68 bits per heavy atom. The quantitative estimate of drug-likeness (QED) is 0.271. The Labute approximate surface area is 153 Å². The molecule has 0 saturated heterocycles. The number of rotatable bonds is 18. The number of allylic oxidation sites excluding steroid dienone is 1. The molecule has 0 aliphatic heterocycles. The van der Waals surface area contributed by atoms with Gasteiger partial charge in [-0.15, -0.1) is 0 Å². The zero-order chi connectivity index (χ0) is 18.6. The molecule has 0 saturated carbocycles. The number of nitrogens with zero attached hydrogens (tertiary/aromatic N) is 1. The van der Waals surface area contributed by atoms with Crippen molar-refractivity contribution >= 4 is 12.0 Å². The first kappa shape index (κ1) is 24.0. The molecule has 0 radical (unpaired) electrons. The highest BCUT2D eigenvalue weighted by Crippen LogP contribution is 2.09. The summed E-state index contributed by atoms with van der Waals surface area (Å²) in [7, 11) is 3.37. The second-order valence-electron chi connectivity index (χ2n) is 6.06. The second-order valence-corrected chi connectivity index (χ2v) is 6.06. The fourth-order valence-electron chi connectivity index (χ4n) is 2.35. The first-order valence-electron chi connectivity index (χ1n) is 9.50. The molecule has 0 heterocycles. The van der Waals surface area contributed by atoms with Gasteiger partial charge < -0.3 is 14.2 Å². The van der Waals surface area contributed by atoms with Crippen LogP contribution >= 0.6 is 0 Å². The third-order valence-corrected chi connectivity index (χ3v) is 3.83. The van der Waals surface area contributed by atoms with Gasteiger partial charge in [0.2, 0.25) is 0 Å². The van der Waals surface area contributed by atoms with Gasteiger partial charge in [-0.25, -0.2) is 0 Å². The van der Waals surface area contributed by atoms with Crippen LogP contribution < -0.4 is 0 Å². The fraction of sp³-hybridized carbons (Fsp3) is 0.800. The summed E-state index contributed by atoms with van der Waals surface area (Å²) in [5.74, 6) is 0.321. The fourth-order valence-corrected chi connectivity index (χ4v) is 2.35. The number of methoxy groups -OCH3 is 2. The summed E-state index contributed by atoms with van der Waals surface area (Å²) in [6, 6.07) is 0. The Morgan fingerprint density at radius 1 is 0.920 bits per heavy atom. The Balaban J connectivity index is 3.89. The van der Waals surface area contributed by atoms with E-state index in [9.17, 15) is 4.79 Å². The van der Waals surface area contributed by atoms with Gasteiger partial charge in [0.1, 0.15) is 12.5 Å². The second kappa shape index (κ2) is 19.3. The molecule has 0 N–H and O–H groups in total. The summed E-state index contributed by atoms with van der Waals surface area (Å²) in [6.07, 6.45) is 12.5.